The molecule has 1 aliphatic rings. The van der Waals surface area contributed by atoms with Gasteiger partial charge in [0, 0.05) is 19.1 Å². The molecule has 1 rings (SSSR count). The first-order valence-corrected chi connectivity index (χ1v) is 8.08. The van der Waals surface area contributed by atoms with Crippen molar-refractivity contribution in [2.24, 2.45) is 11.7 Å². The lowest BCUT2D eigenvalue weighted by Crippen LogP contribution is -2.48. The summed E-state index contributed by atoms with van der Waals surface area (Å²) in [5, 5.41) is 0. The van der Waals surface area contributed by atoms with Crippen molar-refractivity contribution in [3.8, 4) is 0 Å². The summed E-state index contributed by atoms with van der Waals surface area (Å²) in [5.41, 5.74) is 4.78. The number of nitrogens with two attached hydrogens (primary N) is 1. The van der Waals surface area contributed by atoms with Crippen LogP contribution in [0.25, 0.3) is 0 Å². The van der Waals surface area contributed by atoms with E-state index in [1.807, 2.05) is 34.6 Å². The first kappa shape index (κ1) is 18.7. The van der Waals surface area contributed by atoms with Crippen molar-refractivity contribution in [2.45, 2.75) is 59.1 Å². The number of rotatable bonds is 5. The fourth-order valence-corrected chi connectivity index (χ4v) is 2.76. The second-order valence-electron chi connectivity index (χ2n) is 7.44. The summed E-state index contributed by atoms with van der Waals surface area (Å²) >= 11 is 0. The van der Waals surface area contributed by atoms with Gasteiger partial charge in [-0.25, -0.2) is 4.79 Å². The second kappa shape index (κ2) is 7.81. The molecule has 1 aliphatic heterocycles. The number of carbonyl (C=O) groups is 2. The number of hydrogen-bond acceptors (Lipinski definition) is 4. The molecule has 1 atom stereocenters. The summed E-state index contributed by atoms with van der Waals surface area (Å²) in [6.07, 6.45) is 1.81. The Morgan fingerprint density at radius 3 is 2.50 bits per heavy atom. The van der Waals surface area contributed by atoms with Crippen molar-refractivity contribution in [3.05, 3.63) is 0 Å². The number of amides is 2. The maximum absolute atomic E-state index is 12.3. The third-order valence-corrected chi connectivity index (χ3v) is 3.69. The van der Waals surface area contributed by atoms with Crippen molar-refractivity contribution >= 4 is 12.0 Å². The number of likely N-dealkylation sites (tertiary alicyclic amines) is 1. The van der Waals surface area contributed by atoms with E-state index in [1.54, 1.807) is 4.90 Å². The Hall–Kier alpha value is -1.30. The maximum atomic E-state index is 12.3. The van der Waals surface area contributed by atoms with Crippen LogP contribution in [0.1, 0.15) is 47.5 Å². The van der Waals surface area contributed by atoms with E-state index in [4.69, 9.17) is 10.5 Å². The highest BCUT2D eigenvalue weighted by Crippen LogP contribution is 2.20. The van der Waals surface area contributed by atoms with Crippen molar-refractivity contribution in [1.82, 2.24) is 9.80 Å². The van der Waals surface area contributed by atoms with E-state index in [0.29, 0.717) is 19.0 Å². The van der Waals surface area contributed by atoms with Gasteiger partial charge in [0.25, 0.3) is 0 Å². The molecule has 2 N–H and O–H groups in total. The van der Waals surface area contributed by atoms with E-state index in [1.165, 1.54) is 0 Å². The molecule has 1 fully saturated rings. The molecule has 6 heteroatoms. The molecule has 0 aromatic rings. The predicted octanol–water partition coefficient (Wildman–Crippen LogP) is 1.83. The lowest BCUT2D eigenvalue weighted by atomic mass is 9.97. The summed E-state index contributed by atoms with van der Waals surface area (Å²) in [5.74, 6) is 0.0523. The Morgan fingerprint density at radius 2 is 2.00 bits per heavy atom. The maximum Gasteiger partial charge on any atom is 0.410 e. The first-order valence-electron chi connectivity index (χ1n) is 8.08. The Morgan fingerprint density at radius 1 is 1.36 bits per heavy atom. The molecular formula is C16H31N3O3. The zero-order chi connectivity index (χ0) is 16.9. The van der Waals surface area contributed by atoms with Crippen molar-refractivity contribution < 1.29 is 14.3 Å². The fraction of sp³-hybridized carbons (Fsp3) is 0.875. The highest BCUT2D eigenvalue weighted by atomic mass is 16.6. The minimum absolute atomic E-state index is 0.0846. The molecule has 0 aliphatic carbocycles. The van der Waals surface area contributed by atoms with Gasteiger partial charge in [-0.05, 0) is 59.9 Å². The summed E-state index contributed by atoms with van der Waals surface area (Å²) in [4.78, 5) is 27.3. The van der Waals surface area contributed by atoms with E-state index in [-0.39, 0.29) is 18.0 Å². The zero-order valence-corrected chi connectivity index (χ0v) is 14.6. The van der Waals surface area contributed by atoms with Crippen LogP contribution in [0.2, 0.25) is 0 Å². The summed E-state index contributed by atoms with van der Waals surface area (Å²) in [6, 6.07) is 0.0846. The third-order valence-electron chi connectivity index (χ3n) is 3.69. The van der Waals surface area contributed by atoms with Gasteiger partial charge in [-0.2, -0.15) is 0 Å². The van der Waals surface area contributed by atoms with E-state index in [9.17, 15) is 9.59 Å². The van der Waals surface area contributed by atoms with Gasteiger partial charge in [-0.1, -0.05) is 0 Å². The first-order chi connectivity index (χ1) is 10.1. The Bertz CT molecular complexity index is 391. The molecule has 1 heterocycles. The number of nitrogens with zero attached hydrogens (tertiary/aromatic N) is 2. The summed E-state index contributed by atoms with van der Waals surface area (Å²) in [6.45, 7) is 12.3. The van der Waals surface area contributed by atoms with Crippen LogP contribution in [-0.4, -0.2) is 59.6 Å². The molecule has 0 bridgehead atoms. The van der Waals surface area contributed by atoms with Crippen LogP contribution in [-0.2, 0) is 9.53 Å². The molecular weight excluding hydrogens is 282 g/mol. The summed E-state index contributed by atoms with van der Waals surface area (Å²) in [7, 11) is 0. The van der Waals surface area contributed by atoms with Crippen LogP contribution in [0.3, 0.4) is 0 Å². The zero-order valence-electron chi connectivity index (χ0n) is 14.6. The van der Waals surface area contributed by atoms with E-state index < -0.39 is 5.60 Å². The predicted molar refractivity (Wildman–Crippen MR) is 86.4 cm³/mol. The quantitative estimate of drug-likeness (QED) is 0.840. The fourth-order valence-electron chi connectivity index (χ4n) is 2.76. The molecule has 1 saturated heterocycles. The van der Waals surface area contributed by atoms with Gasteiger partial charge in [0.1, 0.15) is 5.60 Å². The number of hydrogen-bond donors (Lipinski definition) is 1. The number of carbonyl (C=O) groups excluding carboxylic acids is 2. The average Bonchev–Trinajstić information content (AvgIpc) is 2.33. The van der Waals surface area contributed by atoms with Crippen molar-refractivity contribution in [1.29, 1.82) is 0 Å². The van der Waals surface area contributed by atoms with E-state index in [0.717, 1.165) is 25.9 Å². The summed E-state index contributed by atoms with van der Waals surface area (Å²) < 4.78 is 5.49. The molecule has 0 radical (unpaired) electrons. The van der Waals surface area contributed by atoms with Crippen LogP contribution in [0.5, 0.6) is 0 Å². The lowest BCUT2D eigenvalue weighted by molar-refractivity contribution is -0.119. The topological polar surface area (TPSA) is 75.9 Å². The van der Waals surface area contributed by atoms with Crippen LogP contribution >= 0.6 is 0 Å². The normalized spacial score (nSPS) is 20.0. The Balaban J connectivity index is 2.62. The molecule has 0 spiro atoms. The monoisotopic (exact) mass is 313 g/mol. The molecule has 0 aromatic carbocycles. The molecule has 0 saturated carbocycles. The van der Waals surface area contributed by atoms with Crippen LogP contribution in [0.4, 0.5) is 4.79 Å². The van der Waals surface area contributed by atoms with Crippen molar-refractivity contribution in [3.63, 3.8) is 0 Å². The van der Waals surface area contributed by atoms with E-state index >= 15 is 0 Å². The van der Waals surface area contributed by atoms with Gasteiger partial charge < -0.3 is 15.4 Å². The van der Waals surface area contributed by atoms with Gasteiger partial charge >= 0.3 is 6.09 Å². The second-order valence-corrected chi connectivity index (χ2v) is 7.44. The van der Waals surface area contributed by atoms with Gasteiger partial charge in [-0.3, -0.25) is 9.69 Å². The molecule has 0 unspecified atom stereocenters. The SMILES string of the molecule is CC(C)N(C[C@H]1CCCN(CC(N)=O)C1)C(=O)OC(C)(C)C. The lowest BCUT2D eigenvalue weighted by Gasteiger charge is -2.37. The minimum atomic E-state index is -0.491. The molecule has 0 aromatic heterocycles. The number of piperidine rings is 1. The Labute approximate surface area is 134 Å². The smallest absolute Gasteiger partial charge is 0.410 e. The highest BCUT2D eigenvalue weighted by molar-refractivity contribution is 5.75. The van der Waals surface area contributed by atoms with E-state index in [2.05, 4.69) is 4.90 Å². The van der Waals surface area contributed by atoms with Crippen LogP contribution in [0.15, 0.2) is 0 Å². The molecule has 2 amide bonds. The molecule has 22 heavy (non-hydrogen) atoms. The molecule has 6 nitrogen and oxygen atoms in total. The largest absolute Gasteiger partial charge is 0.444 e. The third kappa shape index (κ3) is 6.64. The van der Waals surface area contributed by atoms with Gasteiger partial charge in [0.05, 0.1) is 6.54 Å². The minimum Gasteiger partial charge on any atom is -0.444 e. The number of ether oxygens (including phenoxy) is 1. The Kier molecular flexibility index (Phi) is 6.66. The van der Waals surface area contributed by atoms with Gasteiger partial charge in [0.15, 0.2) is 0 Å². The van der Waals surface area contributed by atoms with Gasteiger partial charge in [-0.15, -0.1) is 0 Å². The molecule has 128 valence electrons. The highest BCUT2D eigenvalue weighted by Gasteiger charge is 2.29. The average molecular weight is 313 g/mol. The number of primary amides is 1. The van der Waals surface area contributed by atoms with Crippen molar-refractivity contribution in [2.75, 3.05) is 26.2 Å². The van der Waals surface area contributed by atoms with Crippen LogP contribution < -0.4 is 5.73 Å². The van der Waals surface area contributed by atoms with Crippen LogP contribution in [0, 0.1) is 5.92 Å². The standard InChI is InChI=1S/C16H31N3O3/c1-12(2)19(15(21)22-16(3,4)5)10-13-7-6-8-18(9-13)11-14(17)20/h12-13H,6-11H2,1-5H3,(H2,17,20)/t13-/m0/s1. The van der Waals surface area contributed by atoms with Gasteiger partial charge in [0.2, 0.25) is 5.91 Å².